The first-order valence-corrected chi connectivity index (χ1v) is 10.9. The number of rotatable bonds is 9. The van der Waals surface area contributed by atoms with E-state index < -0.39 is 0 Å². The quantitative estimate of drug-likeness (QED) is 0.253. The number of aryl methyl sites for hydroxylation is 1. The number of carbonyl (C=O) groups excluding carboxylic acids is 1. The first-order valence-electron chi connectivity index (χ1n) is 10.9. The average molecular weight is 410 g/mol. The van der Waals surface area contributed by atoms with E-state index in [1.807, 2.05) is 65.5 Å². The second kappa shape index (κ2) is 9.98. The van der Waals surface area contributed by atoms with Crippen LogP contribution in [0.2, 0.25) is 0 Å². The third-order valence-electron chi connectivity index (χ3n) is 5.45. The van der Waals surface area contributed by atoms with Gasteiger partial charge in [-0.1, -0.05) is 104 Å². The van der Waals surface area contributed by atoms with Gasteiger partial charge in [0.05, 0.1) is 12.7 Å². The van der Waals surface area contributed by atoms with Gasteiger partial charge >= 0.3 is 0 Å². The molecule has 4 nitrogen and oxygen atoms in total. The summed E-state index contributed by atoms with van der Waals surface area (Å²) in [6.07, 6.45) is 6.85. The Morgan fingerprint density at radius 1 is 0.806 bits per heavy atom. The zero-order valence-electron chi connectivity index (χ0n) is 17.9. The Bertz CT molecular complexity index is 1110. The third-order valence-corrected chi connectivity index (χ3v) is 5.45. The van der Waals surface area contributed by atoms with Gasteiger partial charge in [0.15, 0.2) is 5.78 Å². The van der Waals surface area contributed by atoms with Crippen molar-refractivity contribution in [2.24, 2.45) is 0 Å². The van der Waals surface area contributed by atoms with Gasteiger partial charge in [0.25, 0.3) is 0 Å². The Hall–Kier alpha value is -3.53. The lowest BCUT2D eigenvalue weighted by Gasteiger charge is -2.04. The van der Waals surface area contributed by atoms with E-state index in [0.717, 1.165) is 23.2 Å². The van der Waals surface area contributed by atoms with Gasteiger partial charge in [-0.15, -0.1) is 5.10 Å². The highest BCUT2D eigenvalue weighted by molar-refractivity contribution is 6.08. The van der Waals surface area contributed by atoms with Crippen LogP contribution >= 0.6 is 0 Å². The van der Waals surface area contributed by atoms with Crippen LogP contribution in [0.25, 0.3) is 11.3 Å². The van der Waals surface area contributed by atoms with Crippen LogP contribution in [0.1, 0.15) is 53.2 Å². The number of carbonyl (C=O) groups is 1. The Kier molecular flexibility index (Phi) is 6.68. The van der Waals surface area contributed by atoms with E-state index in [1.165, 1.54) is 24.8 Å². The molecule has 4 heteroatoms. The Morgan fingerprint density at radius 2 is 1.48 bits per heavy atom. The molecule has 1 aromatic heterocycles. The van der Waals surface area contributed by atoms with Crippen molar-refractivity contribution in [2.75, 3.05) is 0 Å². The first-order chi connectivity index (χ1) is 15.2. The summed E-state index contributed by atoms with van der Waals surface area (Å²) in [5.74, 6) is 0.0355. The molecule has 0 radical (unpaired) electrons. The number of benzene rings is 3. The van der Waals surface area contributed by atoms with Crippen LogP contribution in [0.3, 0.4) is 0 Å². The maximum atomic E-state index is 12.5. The number of ketones is 1. The van der Waals surface area contributed by atoms with Crippen molar-refractivity contribution in [3.8, 4) is 11.3 Å². The van der Waals surface area contributed by atoms with Crippen LogP contribution in [0.5, 0.6) is 0 Å². The Morgan fingerprint density at radius 3 is 2.19 bits per heavy atom. The minimum atomic E-state index is 0.0355. The minimum Gasteiger partial charge on any atom is -0.289 e. The fraction of sp³-hybridized carbons (Fsp3) is 0.222. The van der Waals surface area contributed by atoms with E-state index in [0.29, 0.717) is 17.7 Å². The molecule has 0 unspecified atom stereocenters. The van der Waals surface area contributed by atoms with Crippen molar-refractivity contribution in [1.82, 2.24) is 15.0 Å². The highest BCUT2D eigenvalue weighted by Gasteiger charge is 2.09. The molecule has 0 aliphatic rings. The van der Waals surface area contributed by atoms with Crippen LogP contribution in [-0.4, -0.2) is 20.8 Å². The lowest BCUT2D eigenvalue weighted by Crippen LogP contribution is -2.03. The second-order valence-corrected chi connectivity index (χ2v) is 7.85. The zero-order chi connectivity index (χ0) is 21.5. The molecule has 156 valence electrons. The summed E-state index contributed by atoms with van der Waals surface area (Å²) in [4.78, 5) is 12.5. The summed E-state index contributed by atoms with van der Waals surface area (Å²) in [6, 6.07) is 25.7. The van der Waals surface area contributed by atoms with Crippen LogP contribution in [0.15, 0.2) is 85.1 Å². The molecule has 0 amide bonds. The van der Waals surface area contributed by atoms with E-state index in [-0.39, 0.29) is 5.78 Å². The van der Waals surface area contributed by atoms with Gasteiger partial charge in [0, 0.05) is 16.7 Å². The standard InChI is InChI=1S/C27H27N3O/c1-2-3-5-8-21-11-15-23(16-12-21)26-20-30(29-28-26)19-22-13-17-25(18-14-22)27(31)24-9-6-4-7-10-24/h4,6-7,9-18,20H,2-3,5,8,19H2,1H3. The summed E-state index contributed by atoms with van der Waals surface area (Å²) in [5, 5.41) is 8.61. The van der Waals surface area contributed by atoms with Crippen molar-refractivity contribution >= 4 is 5.78 Å². The summed E-state index contributed by atoms with van der Waals surface area (Å²) < 4.78 is 1.83. The molecule has 0 fully saturated rings. The predicted octanol–water partition coefficient (Wildman–Crippen LogP) is 5.96. The molecule has 3 aromatic carbocycles. The Balaban J connectivity index is 1.39. The van der Waals surface area contributed by atoms with Crippen molar-refractivity contribution in [3.63, 3.8) is 0 Å². The fourth-order valence-corrected chi connectivity index (χ4v) is 3.63. The molecule has 31 heavy (non-hydrogen) atoms. The summed E-state index contributed by atoms with van der Waals surface area (Å²) in [6.45, 7) is 2.84. The average Bonchev–Trinajstić information content (AvgIpc) is 3.29. The first kappa shape index (κ1) is 20.7. The Labute approximate surface area is 183 Å². The summed E-state index contributed by atoms with van der Waals surface area (Å²) in [7, 11) is 0. The van der Waals surface area contributed by atoms with Gasteiger partial charge in [-0.3, -0.25) is 4.79 Å². The SMILES string of the molecule is CCCCCc1ccc(-c2cn(Cc3ccc(C(=O)c4ccccc4)cc3)nn2)cc1. The molecular formula is C27H27N3O. The van der Waals surface area contributed by atoms with Crippen molar-refractivity contribution < 1.29 is 4.79 Å². The molecule has 1 heterocycles. The van der Waals surface area contributed by atoms with Gasteiger partial charge < -0.3 is 0 Å². The largest absolute Gasteiger partial charge is 0.289 e. The smallest absolute Gasteiger partial charge is 0.193 e. The van der Waals surface area contributed by atoms with Gasteiger partial charge in [0.1, 0.15) is 5.69 Å². The maximum Gasteiger partial charge on any atom is 0.193 e. The normalized spacial score (nSPS) is 10.9. The van der Waals surface area contributed by atoms with Crippen molar-refractivity contribution in [3.05, 3.63) is 107 Å². The number of nitrogens with zero attached hydrogens (tertiary/aromatic N) is 3. The number of unbranched alkanes of at least 4 members (excludes halogenated alkanes) is 2. The van der Waals surface area contributed by atoms with Crippen LogP contribution in [0, 0.1) is 0 Å². The molecular weight excluding hydrogens is 382 g/mol. The van der Waals surface area contributed by atoms with Gasteiger partial charge in [-0.05, 0) is 24.0 Å². The minimum absolute atomic E-state index is 0.0355. The molecule has 0 spiro atoms. The molecule has 0 N–H and O–H groups in total. The summed E-state index contributed by atoms with van der Waals surface area (Å²) >= 11 is 0. The van der Waals surface area contributed by atoms with E-state index in [9.17, 15) is 4.79 Å². The molecule has 0 aliphatic heterocycles. The maximum absolute atomic E-state index is 12.5. The highest BCUT2D eigenvalue weighted by Crippen LogP contribution is 2.19. The van der Waals surface area contributed by atoms with E-state index in [1.54, 1.807) is 0 Å². The highest BCUT2D eigenvalue weighted by atomic mass is 16.1. The lowest BCUT2D eigenvalue weighted by molar-refractivity contribution is 0.103. The number of aromatic nitrogens is 3. The van der Waals surface area contributed by atoms with Gasteiger partial charge in [-0.25, -0.2) is 4.68 Å². The predicted molar refractivity (Wildman–Crippen MR) is 124 cm³/mol. The van der Waals surface area contributed by atoms with Crippen LogP contribution < -0.4 is 0 Å². The zero-order valence-corrected chi connectivity index (χ0v) is 17.9. The van der Waals surface area contributed by atoms with Gasteiger partial charge in [-0.2, -0.15) is 0 Å². The molecule has 0 saturated carbocycles. The molecule has 0 saturated heterocycles. The monoisotopic (exact) mass is 409 g/mol. The van der Waals surface area contributed by atoms with Crippen LogP contribution in [-0.2, 0) is 13.0 Å². The molecule has 0 atom stereocenters. The van der Waals surface area contributed by atoms with Crippen LogP contribution in [0.4, 0.5) is 0 Å². The van der Waals surface area contributed by atoms with Gasteiger partial charge in [0.2, 0.25) is 0 Å². The summed E-state index contributed by atoms with van der Waals surface area (Å²) in [5.41, 5.74) is 5.79. The van der Waals surface area contributed by atoms with E-state index in [2.05, 4.69) is 41.5 Å². The second-order valence-electron chi connectivity index (χ2n) is 7.85. The van der Waals surface area contributed by atoms with Crippen molar-refractivity contribution in [1.29, 1.82) is 0 Å². The lowest BCUT2D eigenvalue weighted by atomic mass is 10.0. The molecule has 4 aromatic rings. The van der Waals surface area contributed by atoms with Crippen molar-refractivity contribution in [2.45, 2.75) is 39.2 Å². The fourth-order valence-electron chi connectivity index (χ4n) is 3.63. The van der Waals surface area contributed by atoms with E-state index >= 15 is 0 Å². The number of hydrogen-bond acceptors (Lipinski definition) is 3. The number of hydrogen-bond donors (Lipinski definition) is 0. The third kappa shape index (κ3) is 5.34. The molecule has 0 bridgehead atoms. The molecule has 4 rings (SSSR count). The topological polar surface area (TPSA) is 47.8 Å². The van der Waals surface area contributed by atoms with E-state index in [4.69, 9.17) is 0 Å². The molecule has 0 aliphatic carbocycles.